The number of rotatable bonds is 9. The third-order valence-corrected chi connectivity index (χ3v) is 5.74. The standard InChI is InChI=1S/C30H25ClN2O5/c1-20-3-8-24(9-4-20)30(35)38-27-16-7-22(17-28(27)36-2)18-32-33-29(34)23-10-14-26(15-11-23)37-19-21-5-12-25(31)13-6-21/h3-18H,19H2,1-2H3,(H,33,34)/b32-18-. The van der Waals surface area contributed by atoms with Gasteiger partial charge >= 0.3 is 5.97 Å². The Bertz CT molecular complexity index is 1430. The molecule has 0 saturated heterocycles. The number of methoxy groups -OCH3 is 1. The van der Waals surface area contributed by atoms with E-state index in [9.17, 15) is 9.59 Å². The molecule has 4 rings (SSSR count). The number of halogens is 1. The molecule has 7 nitrogen and oxygen atoms in total. The lowest BCUT2D eigenvalue weighted by Gasteiger charge is -2.10. The van der Waals surface area contributed by atoms with Crippen LogP contribution < -0.4 is 19.6 Å². The van der Waals surface area contributed by atoms with Gasteiger partial charge in [0.25, 0.3) is 5.91 Å². The molecule has 0 radical (unpaired) electrons. The van der Waals surface area contributed by atoms with E-state index in [1.165, 1.54) is 13.3 Å². The number of hydrogen-bond donors (Lipinski definition) is 1. The Morgan fingerprint density at radius 2 is 1.55 bits per heavy atom. The number of nitrogens with zero attached hydrogens (tertiary/aromatic N) is 1. The van der Waals surface area contributed by atoms with Gasteiger partial charge in [-0.1, -0.05) is 41.4 Å². The molecule has 0 aliphatic carbocycles. The summed E-state index contributed by atoms with van der Waals surface area (Å²) >= 11 is 5.90. The minimum atomic E-state index is -0.488. The predicted molar refractivity (Wildman–Crippen MR) is 146 cm³/mol. The molecule has 0 unspecified atom stereocenters. The van der Waals surface area contributed by atoms with Gasteiger partial charge in [-0.2, -0.15) is 5.10 Å². The minimum absolute atomic E-state index is 0.276. The van der Waals surface area contributed by atoms with Crippen molar-refractivity contribution >= 4 is 29.7 Å². The number of hydrazone groups is 1. The van der Waals surface area contributed by atoms with E-state index < -0.39 is 5.97 Å². The van der Waals surface area contributed by atoms with Crippen LogP contribution in [0.4, 0.5) is 0 Å². The number of carbonyl (C=O) groups is 2. The SMILES string of the molecule is COc1cc(/C=N\NC(=O)c2ccc(OCc3ccc(Cl)cc3)cc2)ccc1OC(=O)c1ccc(C)cc1. The highest BCUT2D eigenvalue weighted by Crippen LogP contribution is 2.28. The largest absolute Gasteiger partial charge is 0.493 e. The Morgan fingerprint density at radius 3 is 2.24 bits per heavy atom. The highest BCUT2D eigenvalue weighted by molar-refractivity contribution is 6.30. The number of benzene rings is 4. The molecular weight excluding hydrogens is 504 g/mol. The van der Waals surface area contributed by atoms with Crippen LogP contribution in [0.5, 0.6) is 17.2 Å². The van der Waals surface area contributed by atoms with Crippen molar-refractivity contribution < 1.29 is 23.8 Å². The van der Waals surface area contributed by atoms with Gasteiger partial charge in [-0.25, -0.2) is 10.2 Å². The van der Waals surface area contributed by atoms with Crippen LogP contribution in [-0.2, 0) is 6.61 Å². The molecule has 4 aromatic rings. The second kappa shape index (κ2) is 12.6. The lowest BCUT2D eigenvalue weighted by molar-refractivity contribution is 0.0729. The average Bonchev–Trinajstić information content (AvgIpc) is 2.94. The summed E-state index contributed by atoms with van der Waals surface area (Å²) in [7, 11) is 1.48. The molecule has 8 heteroatoms. The molecule has 0 saturated carbocycles. The fraction of sp³-hybridized carbons (Fsp3) is 0.100. The van der Waals surface area contributed by atoms with Crippen molar-refractivity contribution in [3.63, 3.8) is 0 Å². The molecule has 0 atom stereocenters. The highest BCUT2D eigenvalue weighted by Gasteiger charge is 2.13. The maximum Gasteiger partial charge on any atom is 0.343 e. The zero-order valence-electron chi connectivity index (χ0n) is 20.8. The molecule has 1 amide bonds. The molecule has 38 heavy (non-hydrogen) atoms. The quantitative estimate of drug-likeness (QED) is 0.121. The van der Waals surface area contributed by atoms with E-state index in [0.717, 1.165) is 11.1 Å². The summed E-state index contributed by atoms with van der Waals surface area (Å²) in [5.74, 6) is 0.405. The molecule has 0 heterocycles. The van der Waals surface area contributed by atoms with Crippen LogP contribution in [-0.4, -0.2) is 25.2 Å². The van der Waals surface area contributed by atoms with Gasteiger partial charge in [-0.15, -0.1) is 0 Å². The lowest BCUT2D eigenvalue weighted by Crippen LogP contribution is -2.17. The van der Waals surface area contributed by atoms with Crippen molar-refractivity contribution in [2.75, 3.05) is 7.11 Å². The molecule has 0 bridgehead atoms. The summed E-state index contributed by atoms with van der Waals surface area (Å²) in [4.78, 5) is 24.9. The maximum atomic E-state index is 12.5. The second-order valence-corrected chi connectivity index (χ2v) is 8.74. The van der Waals surface area contributed by atoms with E-state index in [-0.39, 0.29) is 11.7 Å². The van der Waals surface area contributed by atoms with Gasteiger partial charge in [0.15, 0.2) is 11.5 Å². The first-order valence-corrected chi connectivity index (χ1v) is 12.1. The summed E-state index contributed by atoms with van der Waals surface area (Å²) < 4.78 is 16.6. The summed E-state index contributed by atoms with van der Waals surface area (Å²) in [6.07, 6.45) is 1.47. The van der Waals surface area contributed by atoms with Gasteiger partial charge < -0.3 is 14.2 Å². The van der Waals surface area contributed by atoms with Gasteiger partial charge in [0.2, 0.25) is 0 Å². The van der Waals surface area contributed by atoms with Crippen molar-refractivity contribution in [1.82, 2.24) is 5.43 Å². The van der Waals surface area contributed by atoms with Crippen LogP contribution in [0.2, 0.25) is 5.02 Å². The first-order chi connectivity index (χ1) is 18.4. The van der Waals surface area contributed by atoms with Gasteiger partial charge in [0, 0.05) is 10.6 Å². The fourth-order valence-electron chi connectivity index (χ4n) is 3.38. The Labute approximate surface area is 225 Å². The molecule has 0 fully saturated rings. The van der Waals surface area contributed by atoms with E-state index in [1.807, 2.05) is 31.2 Å². The van der Waals surface area contributed by atoms with E-state index in [1.54, 1.807) is 66.7 Å². The van der Waals surface area contributed by atoms with Crippen LogP contribution in [0, 0.1) is 6.92 Å². The minimum Gasteiger partial charge on any atom is -0.493 e. The van der Waals surface area contributed by atoms with Gasteiger partial charge in [0.1, 0.15) is 12.4 Å². The maximum absolute atomic E-state index is 12.5. The van der Waals surface area contributed by atoms with Gasteiger partial charge in [-0.05, 0) is 84.8 Å². The number of hydrogen-bond acceptors (Lipinski definition) is 6. The van der Waals surface area contributed by atoms with Crippen LogP contribution in [0.3, 0.4) is 0 Å². The third kappa shape index (κ3) is 7.21. The Kier molecular flexibility index (Phi) is 8.74. The molecule has 0 aliphatic rings. The van der Waals surface area contributed by atoms with Gasteiger partial charge in [-0.3, -0.25) is 4.79 Å². The monoisotopic (exact) mass is 528 g/mol. The zero-order chi connectivity index (χ0) is 26.9. The second-order valence-electron chi connectivity index (χ2n) is 8.30. The summed E-state index contributed by atoms with van der Waals surface area (Å²) in [5.41, 5.74) is 6.03. The number of aryl methyl sites for hydroxylation is 1. The average molecular weight is 529 g/mol. The van der Waals surface area contributed by atoms with Crippen LogP contribution in [0.1, 0.15) is 37.4 Å². The van der Waals surface area contributed by atoms with E-state index in [4.69, 9.17) is 25.8 Å². The van der Waals surface area contributed by atoms with Crippen molar-refractivity contribution in [3.8, 4) is 17.2 Å². The number of ether oxygens (including phenoxy) is 3. The number of carbonyl (C=O) groups excluding carboxylic acids is 2. The summed E-state index contributed by atoms with van der Waals surface area (Å²) in [6.45, 7) is 2.33. The van der Waals surface area contributed by atoms with Crippen LogP contribution >= 0.6 is 11.6 Å². The number of esters is 1. The van der Waals surface area contributed by atoms with E-state index in [2.05, 4.69) is 10.5 Å². The molecular formula is C30H25ClN2O5. The van der Waals surface area contributed by atoms with E-state index in [0.29, 0.717) is 39.8 Å². The molecule has 0 spiro atoms. The predicted octanol–water partition coefficient (Wildman–Crippen LogP) is 6.22. The summed E-state index contributed by atoms with van der Waals surface area (Å²) in [5, 5.41) is 4.68. The summed E-state index contributed by atoms with van der Waals surface area (Å²) in [6, 6.07) is 26.2. The molecule has 192 valence electrons. The van der Waals surface area contributed by atoms with Crippen LogP contribution in [0.25, 0.3) is 0 Å². The van der Waals surface area contributed by atoms with Crippen molar-refractivity contribution in [2.45, 2.75) is 13.5 Å². The fourth-order valence-corrected chi connectivity index (χ4v) is 3.50. The molecule has 0 aromatic heterocycles. The normalized spacial score (nSPS) is 10.7. The van der Waals surface area contributed by atoms with Crippen molar-refractivity contribution in [3.05, 3.63) is 124 Å². The Balaban J connectivity index is 1.31. The smallest absolute Gasteiger partial charge is 0.343 e. The van der Waals surface area contributed by atoms with Crippen molar-refractivity contribution in [1.29, 1.82) is 0 Å². The lowest BCUT2D eigenvalue weighted by atomic mass is 10.1. The third-order valence-electron chi connectivity index (χ3n) is 5.49. The number of nitrogens with one attached hydrogen (secondary N) is 1. The molecule has 4 aromatic carbocycles. The highest BCUT2D eigenvalue weighted by atomic mass is 35.5. The van der Waals surface area contributed by atoms with E-state index >= 15 is 0 Å². The Morgan fingerprint density at radius 1 is 0.868 bits per heavy atom. The van der Waals surface area contributed by atoms with Crippen molar-refractivity contribution in [2.24, 2.45) is 5.10 Å². The zero-order valence-corrected chi connectivity index (χ0v) is 21.6. The Hall–Kier alpha value is -4.62. The topological polar surface area (TPSA) is 86.2 Å². The van der Waals surface area contributed by atoms with Gasteiger partial charge in [0.05, 0.1) is 18.9 Å². The first kappa shape index (κ1) is 26.4. The molecule has 1 N–H and O–H groups in total. The number of amides is 1. The first-order valence-electron chi connectivity index (χ1n) is 11.7. The molecule has 0 aliphatic heterocycles. The van der Waals surface area contributed by atoms with Crippen LogP contribution in [0.15, 0.2) is 96.1 Å².